The molecule has 112 valence electrons. The summed E-state index contributed by atoms with van der Waals surface area (Å²) >= 11 is 0. The zero-order chi connectivity index (χ0) is 14.9. The lowest BCUT2D eigenvalue weighted by Gasteiger charge is -2.13. The second-order valence-electron chi connectivity index (χ2n) is 5.20. The summed E-state index contributed by atoms with van der Waals surface area (Å²) < 4.78 is 5.87. The maximum Gasteiger partial charge on any atom is 0.0896 e. The fourth-order valence-corrected chi connectivity index (χ4v) is 2.09. The fourth-order valence-electron chi connectivity index (χ4n) is 2.09. The third-order valence-corrected chi connectivity index (χ3v) is 3.39. The molecule has 0 bridgehead atoms. The zero-order valence-electron chi connectivity index (χ0n) is 12.9. The third kappa shape index (κ3) is 5.29. The van der Waals surface area contributed by atoms with E-state index in [4.69, 9.17) is 4.74 Å². The quantitative estimate of drug-likeness (QED) is 0.747. The molecule has 2 rings (SSSR count). The van der Waals surface area contributed by atoms with Crippen LogP contribution in [-0.4, -0.2) is 11.5 Å². The van der Waals surface area contributed by atoms with Crippen molar-refractivity contribution < 1.29 is 4.74 Å². The van der Waals surface area contributed by atoms with Gasteiger partial charge < -0.3 is 10.1 Å². The van der Waals surface area contributed by atoms with Gasteiger partial charge in [-0.2, -0.15) is 0 Å². The zero-order valence-corrected chi connectivity index (χ0v) is 12.9. The number of hydrogen-bond acceptors (Lipinski definition) is 3. The summed E-state index contributed by atoms with van der Waals surface area (Å²) in [6.07, 6.45) is 3.16. The lowest BCUT2D eigenvalue weighted by atomic mass is 10.1. The minimum atomic E-state index is 0.0823. The van der Waals surface area contributed by atoms with E-state index in [1.165, 1.54) is 11.1 Å². The van der Waals surface area contributed by atoms with Crippen LogP contribution in [0.1, 0.15) is 43.2 Å². The van der Waals surface area contributed by atoms with Crippen molar-refractivity contribution in [2.24, 2.45) is 0 Å². The van der Waals surface area contributed by atoms with Gasteiger partial charge in [-0.15, -0.1) is 0 Å². The van der Waals surface area contributed by atoms with Crippen molar-refractivity contribution in [2.45, 2.75) is 39.5 Å². The number of ether oxygens (including phenoxy) is 1. The molecule has 0 saturated heterocycles. The van der Waals surface area contributed by atoms with Crippen LogP contribution in [0.2, 0.25) is 0 Å². The molecule has 1 aromatic carbocycles. The number of pyridine rings is 1. The van der Waals surface area contributed by atoms with Crippen LogP contribution in [0.4, 0.5) is 0 Å². The second-order valence-corrected chi connectivity index (χ2v) is 5.20. The number of aromatic nitrogens is 1. The Kier molecular flexibility index (Phi) is 6.38. The highest BCUT2D eigenvalue weighted by molar-refractivity contribution is 5.17. The largest absolute Gasteiger partial charge is 0.368 e. The van der Waals surface area contributed by atoms with Crippen molar-refractivity contribution in [3.8, 4) is 0 Å². The molecule has 1 heterocycles. The fraction of sp³-hybridized carbons (Fsp3) is 0.389. The molecule has 0 aliphatic heterocycles. The Hall–Kier alpha value is -1.71. The molecule has 2 aromatic rings. The molecule has 1 atom stereocenters. The van der Waals surface area contributed by atoms with Crippen molar-refractivity contribution in [1.29, 1.82) is 0 Å². The van der Waals surface area contributed by atoms with E-state index in [9.17, 15) is 0 Å². The van der Waals surface area contributed by atoms with Crippen LogP contribution < -0.4 is 5.32 Å². The van der Waals surface area contributed by atoms with Gasteiger partial charge in [-0.25, -0.2) is 0 Å². The molecule has 3 nitrogen and oxygen atoms in total. The number of nitrogens with one attached hydrogen (secondary N) is 1. The topological polar surface area (TPSA) is 34.1 Å². The molecule has 0 fully saturated rings. The van der Waals surface area contributed by atoms with Crippen LogP contribution in [0.15, 0.2) is 48.7 Å². The predicted octanol–water partition coefficient (Wildman–Crippen LogP) is 3.86. The highest BCUT2D eigenvalue weighted by Crippen LogP contribution is 2.17. The van der Waals surface area contributed by atoms with E-state index in [0.717, 1.165) is 25.2 Å². The van der Waals surface area contributed by atoms with Crippen LogP contribution in [-0.2, 0) is 17.9 Å². The summed E-state index contributed by atoms with van der Waals surface area (Å²) in [5.41, 5.74) is 3.37. The highest BCUT2D eigenvalue weighted by Gasteiger charge is 2.05. The van der Waals surface area contributed by atoms with E-state index >= 15 is 0 Å². The minimum Gasteiger partial charge on any atom is -0.368 e. The second kappa shape index (κ2) is 8.55. The molecule has 0 radical (unpaired) electrons. The first-order chi connectivity index (χ1) is 10.3. The van der Waals surface area contributed by atoms with Gasteiger partial charge in [-0.3, -0.25) is 4.98 Å². The van der Waals surface area contributed by atoms with Crippen LogP contribution in [0.5, 0.6) is 0 Å². The first-order valence-corrected chi connectivity index (χ1v) is 7.60. The van der Waals surface area contributed by atoms with Gasteiger partial charge in [0.05, 0.1) is 18.4 Å². The normalized spacial score (nSPS) is 12.3. The molecule has 1 N–H and O–H groups in total. The van der Waals surface area contributed by atoms with E-state index in [2.05, 4.69) is 42.3 Å². The summed E-state index contributed by atoms with van der Waals surface area (Å²) in [7, 11) is 0. The van der Waals surface area contributed by atoms with Crippen LogP contribution in [0.25, 0.3) is 0 Å². The highest BCUT2D eigenvalue weighted by atomic mass is 16.5. The molecular formula is C18H24N2O. The standard InChI is InChI=1S/C18H24N2O/c1-3-11-19-12-16-9-10-18(20-13-16)14-21-15(2)17-7-5-4-6-8-17/h4-10,13,15,19H,3,11-12,14H2,1-2H3. The predicted molar refractivity (Wildman–Crippen MR) is 85.9 cm³/mol. The molecule has 1 aromatic heterocycles. The molecule has 0 saturated carbocycles. The van der Waals surface area contributed by atoms with E-state index in [1.807, 2.05) is 30.5 Å². The van der Waals surface area contributed by atoms with Gasteiger partial charge in [-0.05, 0) is 37.1 Å². The Morgan fingerprint density at radius 3 is 2.62 bits per heavy atom. The molecule has 0 aliphatic rings. The molecule has 0 amide bonds. The third-order valence-electron chi connectivity index (χ3n) is 3.39. The summed E-state index contributed by atoms with van der Waals surface area (Å²) in [5, 5.41) is 3.37. The van der Waals surface area contributed by atoms with Gasteiger partial charge in [0.2, 0.25) is 0 Å². The molecular weight excluding hydrogens is 260 g/mol. The number of benzene rings is 1. The van der Waals surface area contributed by atoms with E-state index < -0.39 is 0 Å². The van der Waals surface area contributed by atoms with Crippen molar-refractivity contribution >= 4 is 0 Å². The Balaban J connectivity index is 1.80. The van der Waals surface area contributed by atoms with Crippen molar-refractivity contribution in [1.82, 2.24) is 10.3 Å². The summed E-state index contributed by atoms with van der Waals surface area (Å²) in [4.78, 5) is 4.46. The van der Waals surface area contributed by atoms with Gasteiger partial charge in [0, 0.05) is 12.7 Å². The van der Waals surface area contributed by atoms with Gasteiger partial charge in [-0.1, -0.05) is 43.3 Å². The van der Waals surface area contributed by atoms with Crippen LogP contribution in [0.3, 0.4) is 0 Å². The van der Waals surface area contributed by atoms with Gasteiger partial charge in [0.25, 0.3) is 0 Å². The van der Waals surface area contributed by atoms with Crippen molar-refractivity contribution in [2.75, 3.05) is 6.54 Å². The molecule has 0 aliphatic carbocycles. The van der Waals surface area contributed by atoms with Gasteiger partial charge in [0.15, 0.2) is 0 Å². The molecule has 0 spiro atoms. The first kappa shape index (κ1) is 15.7. The summed E-state index contributed by atoms with van der Waals surface area (Å²) in [6.45, 7) is 6.69. The van der Waals surface area contributed by atoms with E-state index in [-0.39, 0.29) is 6.10 Å². The van der Waals surface area contributed by atoms with Crippen LogP contribution >= 0.6 is 0 Å². The van der Waals surface area contributed by atoms with Gasteiger partial charge >= 0.3 is 0 Å². The number of rotatable bonds is 8. The van der Waals surface area contributed by atoms with Gasteiger partial charge in [0.1, 0.15) is 0 Å². The van der Waals surface area contributed by atoms with Crippen molar-refractivity contribution in [3.05, 3.63) is 65.5 Å². The van der Waals surface area contributed by atoms with Crippen molar-refractivity contribution in [3.63, 3.8) is 0 Å². The lowest BCUT2D eigenvalue weighted by Crippen LogP contribution is -2.14. The number of nitrogens with zero attached hydrogens (tertiary/aromatic N) is 1. The lowest BCUT2D eigenvalue weighted by molar-refractivity contribution is 0.0505. The number of hydrogen-bond donors (Lipinski definition) is 1. The Bertz CT molecular complexity index is 511. The Labute approximate surface area is 127 Å². The van der Waals surface area contributed by atoms with Crippen LogP contribution in [0, 0.1) is 0 Å². The first-order valence-electron chi connectivity index (χ1n) is 7.60. The minimum absolute atomic E-state index is 0.0823. The molecule has 1 unspecified atom stereocenters. The summed E-state index contributed by atoms with van der Waals surface area (Å²) in [6, 6.07) is 14.4. The average Bonchev–Trinajstić information content (AvgIpc) is 2.55. The molecule has 21 heavy (non-hydrogen) atoms. The van der Waals surface area contributed by atoms with E-state index in [1.54, 1.807) is 0 Å². The monoisotopic (exact) mass is 284 g/mol. The summed E-state index contributed by atoms with van der Waals surface area (Å²) in [5.74, 6) is 0. The smallest absolute Gasteiger partial charge is 0.0896 e. The maximum atomic E-state index is 5.87. The molecule has 3 heteroatoms. The average molecular weight is 284 g/mol. The SMILES string of the molecule is CCCNCc1ccc(COC(C)c2ccccc2)nc1. The maximum absolute atomic E-state index is 5.87. The van der Waals surface area contributed by atoms with E-state index in [0.29, 0.717) is 6.61 Å². The Morgan fingerprint density at radius 2 is 1.95 bits per heavy atom. The Morgan fingerprint density at radius 1 is 1.14 bits per heavy atom.